The summed E-state index contributed by atoms with van der Waals surface area (Å²) >= 11 is 6.17. The number of anilines is 4. The van der Waals surface area contributed by atoms with Crippen LogP contribution in [0.15, 0.2) is 85.1 Å². The van der Waals surface area contributed by atoms with Crippen molar-refractivity contribution in [2.45, 2.75) is 13.8 Å². The van der Waals surface area contributed by atoms with Gasteiger partial charge in [-0.1, -0.05) is 35.9 Å². The largest absolute Gasteiger partial charge is 0.378 e. The Morgan fingerprint density at radius 2 is 1.10 bits per heavy atom. The van der Waals surface area contributed by atoms with Crippen molar-refractivity contribution in [2.24, 2.45) is 0 Å². The average Bonchev–Trinajstić information content (AvgIpc) is 3.24. The van der Waals surface area contributed by atoms with Crippen molar-refractivity contribution < 1.29 is 35.8 Å². The maximum Gasteiger partial charge on any atom is 0.152 e. The van der Waals surface area contributed by atoms with Crippen LogP contribution in [0.2, 0.25) is 5.02 Å². The zero-order valence-corrected chi connectivity index (χ0v) is 33.2. The molecule has 0 atom stereocenters. The molecule has 1 N–H and O–H groups in total. The molecule has 0 saturated carbocycles. The molecule has 0 spiro atoms. The second-order valence-electron chi connectivity index (χ2n) is 14.3. The van der Waals surface area contributed by atoms with Gasteiger partial charge in [-0.3, -0.25) is 0 Å². The summed E-state index contributed by atoms with van der Waals surface area (Å²) in [5.41, 5.74) is 4.11. The van der Waals surface area contributed by atoms with E-state index in [0.717, 1.165) is 37.0 Å². The van der Waals surface area contributed by atoms with Crippen LogP contribution in [-0.2, 0) is 9.47 Å². The Hall–Kier alpha value is -5.96. The first-order valence-electron chi connectivity index (χ1n) is 19.1. The molecule has 2 fully saturated rings. The standard InChI is InChI=1S/C29H28F3N5O2.C16H9ClF3N/c1-18-27(21-4-2-3-5-22(21)31)34-24-15-19(30)14-23(32)26(24)28(18)35-25-16-20(36-6-10-38-11-7-36)17-33-29(25)37-8-12-39-13-9-37;1-8-15(17)14-12(20)6-9(18)7-13(14)21-16(8)10-4-2-3-5-11(10)19/h2-5,14-17H,6-13H2,1H3,(H,34,35);2-7H,1H3. The summed E-state index contributed by atoms with van der Waals surface area (Å²) in [5, 5.41) is 3.69. The van der Waals surface area contributed by atoms with E-state index in [0.29, 0.717) is 73.5 Å². The molecule has 7 aromatic rings. The van der Waals surface area contributed by atoms with Gasteiger partial charge in [-0.2, -0.15) is 0 Å². The molecular formula is C45H37ClF6N6O2. The summed E-state index contributed by atoms with van der Waals surface area (Å²) in [6, 6.07) is 18.1. The maximum absolute atomic E-state index is 15.4. The maximum atomic E-state index is 15.4. The highest BCUT2D eigenvalue weighted by Gasteiger charge is 2.24. The number of halogens is 7. The van der Waals surface area contributed by atoms with E-state index in [2.05, 4.69) is 25.1 Å². The van der Waals surface area contributed by atoms with Crippen molar-refractivity contribution in [1.82, 2.24) is 15.0 Å². The second kappa shape index (κ2) is 17.3. The molecule has 5 heterocycles. The van der Waals surface area contributed by atoms with Gasteiger partial charge in [0, 0.05) is 61.6 Å². The smallest absolute Gasteiger partial charge is 0.152 e. The van der Waals surface area contributed by atoms with E-state index in [9.17, 15) is 22.0 Å². The minimum atomic E-state index is -0.786. The molecule has 8 nitrogen and oxygen atoms in total. The molecule has 15 heteroatoms. The minimum Gasteiger partial charge on any atom is -0.378 e. The molecular weight excluding hydrogens is 806 g/mol. The zero-order valence-electron chi connectivity index (χ0n) is 32.4. The number of ether oxygens (including phenoxy) is 2. The predicted molar refractivity (Wildman–Crippen MR) is 222 cm³/mol. The van der Waals surface area contributed by atoms with Crippen LogP contribution in [0.5, 0.6) is 0 Å². The fourth-order valence-electron chi connectivity index (χ4n) is 7.45. The summed E-state index contributed by atoms with van der Waals surface area (Å²) < 4.78 is 96.7. The lowest BCUT2D eigenvalue weighted by molar-refractivity contribution is 0.122. The number of aromatic nitrogens is 3. The first kappa shape index (κ1) is 40.8. The van der Waals surface area contributed by atoms with Crippen LogP contribution in [0.1, 0.15) is 11.1 Å². The number of rotatable bonds is 6. The number of hydrogen-bond donors (Lipinski definition) is 1. The fourth-order valence-corrected chi connectivity index (χ4v) is 7.73. The number of benzene rings is 4. The van der Waals surface area contributed by atoms with Gasteiger partial charge >= 0.3 is 0 Å². The summed E-state index contributed by atoms with van der Waals surface area (Å²) in [7, 11) is 0. The molecule has 9 rings (SSSR count). The minimum absolute atomic E-state index is 0.0376. The number of fused-ring (bicyclic) bond motifs is 2. The van der Waals surface area contributed by atoms with E-state index in [4.69, 9.17) is 26.1 Å². The van der Waals surface area contributed by atoms with Crippen molar-refractivity contribution in [1.29, 1.82) is 0 Å². The highest BCUT2D eigenvalue weighted by atomic mass is 35.5. The van der Waals surface area contributed by atoms with Crippen LogP contribution in [-0.4, -0.2) is 67.6 Å². The third kappa shape index (κ3) is 8.14. The van der Waals surface area contributed by atoms with Crippen molar-refractivity contribution in [3.63, 3.8) is 0 Å². The van der Waals surface area contributed by atoms with Gasteiger partial charge in [-0.15, -0.1) is 0 Å². The van der Waals surface area contributed by atoms with Crippen molar-refractivity contribution in [3.8, 4) is 22.5 Å². The van der Waals surface area contributed by atoms with E-state index in [1.165, 1.54) is 18.2 Å². The van der Waals surface area contributed by atoms with Crippen molar-refractivity contribution in [3.05, 3.63) is 136 Å². The van der Waals surface area contributed by atoms with Gasteiger partial charge in [0.15, 0.2) is 5.82 Å². The lowest BCUT2D eigenvalue weighted by atomic mass is 10.0. The monoisotopic (exact) mass is 842 g/mol. The van der Waals surface area contributed by atoms with Gasteiger partial charge < -0.3 is 24.6 Å². The lowest BCUT2D eigenvalue weighted by Crippen LogP contribution is -2.38. The molecule has 3 aromatic heterocycles. The summed E-state index contributed by atoms with van der Waals surface area (Å²) in [6.07, 6.45) is 1.83. The predicted octanol–water partition coefficient (Wildman–Crippen LogP) is 10.7. The quantitative estimate of drug-likeness (QED) is 0.166. The molecule has 60 heavy (non-hydrogen) atoms. The molecule has 0 radical (unpaired) electrons. The fraction of sp³-hybridized carbons (Fsp3) is 0.222. The lowest BCUT2D eigenvalue weighted by Gasteiger charge is -2.32. The van der Waals surface area contributed by atoms with Gasteiger partial charge in [0.05, 0.1) is 87.9 Å². The molecule has 2 aliphatic rings. The number of morpholine rings is 2. The van der Waals surface area contributed by atoms with E-state index < -0.39 is 34.9 Å². The molecule has 0 bridgehead atoms. The van der Waals surface area contributed by atoms with Crippen LogP contribution in [0.25, 0.3) is 44.3 Å². The molecule has 2 saturated heterocycles. The van der Waals surface area contributed by atoms with Gasteiger partial charge in [0.2, 0.25) is 0 Å². The summed E-state index contributed by atoms with van der Waals surface area (Å²) in [4.78, 5) is 17.8. The molecule has 2 aliphatic heterocycles. The third-order valence-electron chi connectivity index (χ3n) is 10.5. The number of pyridine rings is 3. The highest BCUT2D eigenvalue weighted by Crippen LogP contribution is 2.41. The van der Waals surface area contributed by atoms with E-state index in [1.54, 1.807) is 50.2 Å². The van der Waals surface area contributed by atoms with Crippen LogP contribution in [0, 0.1) is 48.8 Å². The highest BCUT2D eigenvalue weighted by molar-refractivity contribution is 6.36. The van der Waals surface area contributed by atoms with Gasteiger partial charge in [0.1, 0.15) is 34.9 Å². The van der Waals surface area contributed by atoms with E-state index >= 15 is 4.39 Å². The second-order valence-corrected chi connectivity index (χ2v) is 14.6. The van der Waals surface area contributed by atoms with Crippen LogP contribution in [0.3, 0.4) is 0 Å². The van der Waals surface area contributed by atoms with Gasteiger partial charge in [0.25, 0.3) is 0 Å². The normalized spacial score (nSPS) is 14.3. The zero-order chi connectivity index (χ0) is 42.1. The average molecular weight is 843 g/mol. The first-order valence-corrected chi connectivity index (χ1v) is 19.5. The van der Waals surface area contributed by atoms with Crippen LogP contribution >= 0.6 is 11.6 Å². The van der Waals surface area contributed by atoms with Crippen molar-refractivity contribution in [2.75, 3.05) is 67.7 Å². The Morgan fingerprint density at radius 3 is 1.67 bits per heavy atom. The van der Waals surface area contributed by atoms with E-state index in [-0.39, 0.29) is 43.6 Å². The van der Waals surface area contributed by atoms with E-state index in [1.807, 2.05) is 12.3 Å². The Bertz CT molecular complexity index is 2750. The summed E-state index contributed by atoms with van der Waals surface area (Å²) in [6.45, 7) is 8.48. The molecule has 308 valence electrons. The third-order valence-corrected chi connectivity index (χ3v) is 10.9. The molecule has 4 aromatic carbocycles. The topological polar surface area (TPSA) is 75.6 Å². The molecule has 0 aliphatic carbocycles. The Labute approximate surface area is 346 Å². The van der Waals surface area contributed by atoms with Crippen LogP contribution in [0.4, 0.5) is 49.2 Å². The Kier molecular flexibility index (Phi) is 11.8. The molecule has 0 amide bonds. The first-order chi connectivity index (χ1) is 29.0. The Morgan fingerprint density at radius 1 is 0.600 bits per heavy atom. The number of nitrogens with one attached hydrogen (secondary N) is 1. The molecule has 0 unspecified atom stereocenters. The van der Waals surface area contributed by atoms with Crippen molar-refractivity contribution >= 4 is 56.3 Å². The summed E-state index contributed by atoms with van der Waals surface area (Å²) in [5.74, 6) is -3.31. The van der Waals surface area contributed by atoms with Crippen LogP contribution < -0.4 is 15.1 Å². The number of hydrogen-bond acceptors (Lipinski definition) is 8. The number of nitrogens with zero attached hydrogens (tertiary/aromatic N) is 5. The SMILES string of the molecule is Cc1c(-c2ccccc2F)nc2cc(F)cc(F)c2c1Cl.Cc1c(-c2ccccc2F)nc2cc(F)cc(F)c2c1Nc1cc(N2CCOCC2)cnc1N1CCOCC1. The van der Waals surface area contributed by atoms with Gasteiger partial charge in [-0.05, 0) is 55.3 Å². The Balaban J connectivity index is 0.000000200. The van der Waals surface area contributed by atoms with Gasteiger partial charge in [-0.25, -0.2) is 41.3 Å².